The van der Waals surface area contributed by atoms with Gasteiger partial charge in [-0.05, 0) is 43.9 Å². The van der Waals surface area contributed by atoms with Gasteiger partial charge in [0.05, 0.1) is 49.7 Å². The Morgan fingerprint density at radius 1 is 0.625 bits per heavy atom. The van der Waals surface area contributed by atoms with Gasteiger partial charge in [0.2, 0.25) is 0 Å². The van der Waals surface area contributed by atoms with E-state index >= 15 is 0 Å². The van der Waals surface area contributed by atoms with Gasteiger partial charge in [-0.1, -0.05) is 59.3 Å². The second-order valence-electron chi connectivity index (χ2n) is 12.9. The lowest BCUT2D eigenvalue weighted by atomic mass is 9.87. The zero-order valence-corrected chi connectivity index (χ0v) is 28.5. The molecule has 0 rings (SSSR count). The number of hydrogen-bond donors (Lipinski definition) is 7. The summed E-state index contributed by atoms with van der Waals surface area (Å²) in [6.07, 6.45) is 0.0490. The molecular weight excluding hydrogens is 634 g/mol. The van der Waals surface area contributed by atoms with E-state index in [0.29, 0.717) is 32.1 Å². The topological polar surface area (TPSA) is 268 Å². The maximum absolute atomic E-state index is 13.0. The maximum atomic E-state index is 13.0. The zero-order valence-electron chi connectivity index (χ0n) is 28.5. The molecule has 15 heteroatoms. The number of carbonyl (C=O) groups excluding carboxylic acids is 2. The Bertz CT molecular complexity index is 1000. The van der Waals surface area contributed by atoms with Crippen LogP contribution in [0.4, 0.5) is 0 Å². The van der Waals surface area contributed by atoms with Crippen molar-refractivity contribution in [3.8, 4) is 0 Å². The highest BCUT2D eigenvalue weighted by Gasteiger charge is 2.37. The Labute approximate surface area is 282 Å². The van der Waals surface area contributed by atoms with Gasteiger partial charge in [0.25, 0.3) is 0 Å². The fourth-order valence-electron chi connectivity index (χ4n) is 5.54. The smallest absolute Gasteiger partial charge is 0.307 e. The molecular formula is C33H57NO14. The van der Waals surface area contributed by atoms with Crippen LogP contribution in [0, 0.1) is 23.7 Å². The molecule has 0 aromatic carbocycles. The van der Waals surface area contributed by atoms with Gasteiger partial charge in [0.1, 0.15) is 12.2 Å². The largest absolute Gasteiger partial charge is 0.481 e. The van der Waals surface area contributed by atoms with Crippen molar-refractivity contribution in [3.05, 3.63) is 0 Å². The molecule has 0 saturated heterocycles. The number of ether oxygens (including phenoxy) is 2. The van der Waals surface area contributed by atoms with E-state index in [4.69, 9.17) is 25.4 Å². The van der Waals surface area contributed by atoms with E-state index in [1.165, 1.54) is 0 Å². The SMILES string of the molecule is CCCC[C@@H](C)[C@@H](OC(=O)C[C@@H](CC(=O)O)C(=O)O)[C@H](C[C@@H](C)C[C@H](O)CCCCCC[C@H](O)CN)OC(=O)C[C@@H](CC(=O)O)C(=O)O. The van der Waals surface area contributed by atoms with Gasteiger partial charge in [-0.15, -0.1) is 0 Å². The molecule has 0 aromatic rings. The van der Waals surface area contributed by atoms with Crippen LogP contribution in [0.3, 0.4) is 0 Å². The molecule has 0 aromatic heterocycles. The highest BCUT2D eigenvalue weighted by atomic mass is 16.6. The van der Waals surface area contributed by atoms with Crippen molar-refractivity contribution in [3.63, 3.8) is 0 Å². The lowest BCUT2D eigenvalue weighted by molar-refractivity contribution is -0.177. The van der Waals surface area contributed by atoms with Crippen molar-refractivity contribution in [2.24, 2.45) is 29.4 Å². The molecule has 0 aliphatic rings. The third kappa shape index (κ3) is 20.8. The van der Waals surface area contributed by atoms with E-state index in [1.54, 1.807) is 13.8 Å². The summed E-state index contributed by atoms with van der Waals surface area (Å²) in [5, 5.41) is 57.3. The minimum absolute atomic E-state index is 0.0718. The number of unbranched alkanes of at least 4 members (excludes halogenated alkanes) is 4. The molecule has 0 amide bonds. The van der Waals surface area contributed by atoms with E-state index in [0.717, 1.165) is 32.1 Å². The van der Waals surface area contributed by atoms with E-state index in [-0.39, 0.29) is 18.9 Å². The van der Waals surface area contributed by atoms with Crippen molar-refractivity contribution in [1.29, 1.82) is 0 Å². The quantitative estimate of drug-likeness (QED) is 0.0438. The van der Waals surface area contributed by atoms with Crippen molar-refractivity contribution in [1.82, 2.24) is 0 Å². The number of aliphatic hydroxyl groups excluding tert-OH is 2. The molecule has 0 bridgehead atoms. The normalized spacial score (nSPS) is 16.4. The van der Waals surface area contributed by atoms with Gasteiger partial charge in [-0.3, -0.25) is 28.8 Å². The van der Waals surface area contributed by atoms with Crippen LogP contribution in [0.2, 0.25) is 0 Å². The molecule has 0 spiro atoms. The van der Waals surface area contributed by atoms with Gasteiger partial charge in [0.15, 0.2) is 0 Å². The van der Waals surface area contributed by atoms with Crippen LogP contribution in [-0.2, 0) is 38.2 Å². The second kappa shape index (κ2) is 24.8. The number of carbonyl (C=O) groups is 6. The number of carboxylic acid groups (broad SMARTS) is 4. The van der Waals surface area contributed by atoms with Crippen LogP contribution in [0.15, 0.2) is 0 Å². The Morgan fingerprint density at radius 3 is 1.54 bits per heavy atom. The summed E-state index contributed by atoms with van der Waals surface area (Å²) in [6, 6.07) is 0. The average Bonchev–Trinajstić information content (AvgIpc) is 2.98. The molecule has 0 unspecified atom stereocenters. The standard InChI is InChI=1S/C33H57NO14/c1-4-5-10-21(3)31(48-30(42)18-23(33(45)46)16-28(39)40)26(47-29(41)17-22(32(43)44)15-27(37)38)14-20(2)13-24(35)11-8-6-7-9-12-25(36)19-34/h20-26,31,35-36H,4-19,34H2,1-3H3,(H,37,38)(H,39,40)(H,43,44)(H,45,46)/t20-,21+,22+,23+,24+,25-,26-,31+/m0/s1. The summed E-state index contributed by atoms with van der Waals surface area (Å²) in [6.45, 7) is 5.69. The lowest BCUT2D eigenvalue weighted by Gasteiger charge is -2.33. The molecule has 0 aliphatic heterocycles. The highest BCUT2D eigenvalue weighted by molar-refractivity contribution is 5.83. The van der Waals surface area contributed by atoms with E-state index in [9.17, 15) is 49.2 Å². The first kappa shape index (κ1) is 44.7. The van der Waals surface area contributed by atoms with E-state index < -0.39 is 104 Å². The summed E-state index contributed by atoms with van der Waals surface area (Å²) in [5.41, 5.74) is 5.41. The molecule has 0 saturated carbocycles. The molecule has 0 aliphatic carbocycles. The molecule has 8 atom stereocenters. The summed E-state index contributed by atoms with van der Waals surface area (Å²) < 4.78 is 11.4. The summed E-state index contributed by atoms with van der Waals surface area (Å²) in [5.74, 6) is -11.7. The Hall–Kier alpha value is -3.30. The molecule has 0 fully saturated rings. The number of esters is 2. The Kier molecular flexibility index (Phi) is 23.1. The maximum Gasteiger partial charge on any atom is 0.307 e. The minimum atomic E-state index is -1.57. The second-order valence-corrected chi connectivity index (χ2v) is 12.9. The fourth-order valence-corrected chi connectivity index (χ4v) is 5.54. The summed E-state index contributed by atoms with van der Waals surface area (Å²) >= 11 is 0. The van der Waals surface area contributed by atoms with Crippen molar-refractivity contribution in [2.45, 2.75) is 141 Å². The monoisotopic (exact) mass is 691 g/mol. The first-order chi connectivity index (χ1) is 22.5. The van der Waals surface area contributed by atoms with Crippen molar-refractivity contribution >= 4 is 35.8 Å². The van der Waals surface area contributed by atoms with Crippen LogP contribution < -0.4 is 5.73 Å². The zero-order chi connectivity index (χ0) is 36.8. The third-order valence-corrected chi connectivity index (χ3v) is 8.26. The fraction of sp³-hybridized carbons (Fsp3) is 0.818. The number of aliphatic hydroxyl groups is 2. The molecule has 48 heavy (non-hydrogen) atoms. The third-order valence-electron chi connectivity index (χ3n) is 8.26. The van der Waals surface area contributed by atoms with Gasteiger partial charge < -0.3 is 45.8 Å². The summed E-state index contributed by atoms with van der Waals surface area (Å²) in [4.78, 5) is 71.5. The number of carboxylic acids is 4. The van der Waals surface area contributed by atoms with E-state index in [1.807, 2.05) is 6.92 Å². The molecule has 278 valence electrons. The highest BCUT2D eigenvalue weighted by Crippen LogP contribution is 2.29. The van der Waals surface area contributed by atoms with Gasteiger partial charge >= 0.3 is 35.8 Å². The number of aliphatic carboxylic acids is 4. The first-order valence-electron chi connectivity index (χ1n) is 16.8. The molecule has 0 radical (unpaired) electrons. The molecule has 15 nitrogen and oxygen atoms in total. The average molecular weight is 692 g/mol. The number of hydrogen-bond acceptors (Lipinski definition) is 11. The predicted molar refractivity (Wildman–Crippen MR) is 172 cm³/mol. The first-order valence-corrected chi connectivity index (χ1v) is 16.8. The van der Waals surface area contributed by atoms with Crippen LogP contribution >= 0.6 is 0 Å². The number of nitrogens with two attached hydrogens (primary N) is 1. The Morgan fingerprint density at radius 2 is 1.10 bits per heavy atom. The minimum Gasteiger partial charge on any atom is -0.481 e. The van der Waals surface area contributed by atoms with Gasteiger partial charge in [-0.25, -0.2) is 0 Å². The lowest BCUT2D eigenvalue weighted by Crippen LogP contribution is -2.42. The Balaban J connectivity index is 5.97. The van der Waals surface area contributed by atoms with E-state index in [2.05, 4.69) is 0 Å². The van der Waals surface area contributed by atoms with Crippen molar-refractivity contribution in [2.75, 3.05) is 6.54 Å². The van der Waals surface area contributed by atoms with Crippen LogP contribution in [-0.4, -0.2) is 97.4 Å². The molecule has 8 N–H and O–H groups in total. The van der Waals surface area contributed by atoms with Gasteiger partial charge in [-0.2, -0.15) is 0 Å². The van der Waals surface area contributed by atoms with Gasteiger partial charge in [0, 0.05) is 6.54 Å². The van der Waals surface area contributed by atoms with Crippen LogP contribution in [0.5, 0.6) is 0 Å². The summed E-state index contributed by atoms with van der Waals surface area (Å²) in [7, 11) is 0. The predicted octanol–water partition coefficient (Wildman–Crippen LogP) is 3.20. The number of rotatable bonds is 29. The van der Waals surface area contributed by atoms with Crippen LogP contribution in [0.25, 0.3) is 0 Å². The molecule has 0 heterocycles. The van der Waals surface area contributed by atoms with Crippen molar-refractivity contribution < 1.29 is 68.9 Å². The van der Waals surface area contributed by atoms with Crippen LogP contribution in [0.1, 0.15) is 117 Å².